The second kappa shape index (κ2) is 9.23. The van der Waals surface area contributed by atoms with E-state index in [-0.39, 0.29) is 0 Å². The molecule has 130 valence electrons. The van der Waals surface area contributed by atoms with Crippen molar-refractivity contribution in [1.82, 2.24) is 14.9 Å². The number of hydrogen-bond donors (Lipinski definition) is 0. The van der Waals surface area contributed by atoms with Gasteiger partial charge < -0.3 is 14.5 Å². The van der Waals surface area contributed by atoms with Crippen molar-refractivity contribution in [2.24, 2.45) is 0 Å². The van der Waals surface area contributed by atoms with Crippen LogP contribution in [0.25, 0.3) is 0 Å². The molecule has 1 aromatic carbocycles. The number of rotatable bonds is 4. The van der Waals surface area contributed by atoms with Gasteiger partial charge in [-0.1, -0.05) is 44.2 Å². The van der Waals surface area contributed by atoms with Crippen LogP contribution in [-0.2, 0) is 6.61 Å². The van der Waals surface area contributed by atoms with Crippen molar-refractivity contribution < 1.29 is 4.74 Å². The predicted molar refractivity (Wildman–Crippen MR) is 98.6 cm³/mol. The van der Waals surface area contributed by atoms with Gasteiger partial charge in [0.2, 0.25) is 11.8 Å². The summed E-state index contributed by atoms with van der Waals surface area (Å²) in [7, 11) is 2.14. The van der Waals surface area contributed by atoms with Gasteiger partial charge in [-0.25, -0.2) is 4.98 Å². The van der Waals surface area contributed by atoms with Gasteiger partial charge in [-0.15, -0.1) is 0 Å². The van der Waals surface area contributed by atoms with Crippen LogP contribution >= 0.6 is 0 Å². The number of aromatic nitrogens is 2. The van der Waals surface area contributed by atoms with Crippen LogP contribution in [0, 0.1) is 6.92 Å². The minimum absolute atomic E-state index is 0.529. The summed E-state index contributed by atoms with van der Waals surface area (Å²) in [5.74, 6) is 1.44. The van der Waals surface area contributed by atoms with Gasteiger partial charge in [0.1, 0.15) is 6.61 Å². The van der Waals surface area contributed by atoms with Crippen molar-refractivity contribution in [3.63, 3.8) is 0 Å². The molecule has 1 saturated heterocycles. The predicted octanol–water partition coefficient (Wildman–Crippen LogP) is 3.14. The normalized spacial score (nSPS) is 14.8. The van der Waals surface area contributed by atoms with Gasteiger partial charge in [-0.2, -0.15) is 4.98 Å². The highest BCUT2D eigenvalue weighted by atomic mass is 16.5. The Morgan fingerprint density at radius 1 is 1.04 bits per heavy atom. The maximum absolute atomic E-state index is 5.89. The number of ether oxygens (including phenoxy) is 1. The van der Waals surface area contributed by atoms with E-state index < -0.39 is 0 Å². The molecule has 0 aliphatic carbocycles. The molecule has 0 bridgehead atoms. The van der Waals surface area contributed by atoms with Gasteiger partial charge in [-0.3, -0.25) is 0 Å². The zero-order valence-electron chi connectivity index (χ0n) is 15.2. The summed E-state index contributed by atoms with van der Waals surface area (Å²) < 4.78 is 5.89. The Bertz CT molecular complexity index is 610. The lowest BCUT2D eigenvalue weighted by Crippen LogP contribution is -2.45. The maximum atomic E-state index is 5.89. The van der Waals surface area contributed by atoms with Crippen molar-refractivity contribution in [2.75, 3.05) is 38.1 Å². The molecule has 0 spiro atoms. The largest absolute Gasteiger partial charge is 0.472 e. The van der Waals surface area contributed by atoms with Gasteiger partial charge in [0, 0.05) is 37.9 Å². The lowest BCUT2D eigenvalue weighted by molar-refractivity contribution is 0.288. The highest BCUT2D eigenvalue weighted by Crippen LogP contribution is 2.19. The fourth-order valence-electron chi connectivity index (χ4n) is 2.45. The molecule has 5 nitrogen and oxygen atoms in total. The van der Waals surface area contributed by atoms with E-state index in [0.717, 1.165) is 43.3 Å². The number of benzene rings is 1. The maximum Gasteiger partial charge on any atom is 0.228 e. The molecule has 1 fully saturated rings. The molecule has 0 unspecified atom stereocenters. The monoisotopic (exact) mass is 328 g/mol. The van der Waals surface area contributed by atoms with Crippen LogP contribution in [0.2, 0.25) is 0 Å². The summed E-state index contributed by atoms with van der Waals surface area (Å²) in [6.07, 6.45) is 1.85. The van der Waals surface area contributed by atoms with E-state index in [0.29, 0.717) is 12.5 Å². The van der Waals surface area contributed by atoms with Crippen LogP contribution in [0.3, 0.4) is 0 Å². The Morgan fingerprint density at radius 3 is 2.38 bits per heavy atom. The van der Waals surface area contributed by atoms with Crippen LogP contribution in [0.4, 0.5) is 5.95 Å². The molecule has 1 aliphatic rings. The third-order valence-corrected chi connectivity index (χ3v) is 3.92. The molecule has 1 aromatic heterocycles. The Hall–Kier alpha value is -2.14. The molecule has 0 N–H and O–H groups in total. The van der Waals surface area contributed by atoms with E-state index >= 15 is 0 Å². The highest BCUT2D eigenvalue weighted by molar-refractivity contribution is 5.36. The highest BCUT2D eigenvalue weighted by Gasteiger charge is 2.17. The van der Waals surface area contributed by atoms with Gasteiger partial charge in [0.25, 0.3) is 0 Å². The van der Waals surface area contributed by atoms with Crippen LogP contribution in [0.15, 0.2) is 36.5 Å². The van der Waals surface area contributed by atoms with E-state index in [9.17, 15) is 0 Å². The van der Waals surface area contributed by atoms with Crippen LogP contribution in [0.5, 0.6) is 5.88 Å². The fraction of sp³-hybridized carbons (Fsp3) is 0.474. The number of likely N-dealkylation sites (N-methyl/N-ethyl adjacent to an activating group) is 1. The Morgan fingerprint density at radius 2 is 1.71 bits per heavy atom. The number of aryl methyl sites for hydroxylation is 1. The standard InChI is InChI=1S/C17H22N4O.C2H6/c1-14-12-18-17(21-10-8-20(2)9-11-21)19-16(14)22-13-15-6-4-3-5-7-15;1-2/h3-7,12H,8-11,13H2,1-2H3;1-2H3. The van der Waals surface area contributed by atoms with Crippen molar-refractivity contribution in [2.45, 2.75) is 27.4 Å². The van der Waals surface area contributed by atoms with Gasteiger partial charge in [0.05, 0.1) is 0 Å². The first-order valence-corrected chi connectivity index (χ1v) is 8.66. The second-order valence-corrected chi connectivity index (χ2v) is 5.72. The molecule has 2 aromatic rings. The van der Waals surface area contributed by atoms with Crippen LogP contribution in [0.1, 0.15) is 25.0 Å². The summed E-state index contributed by atoms with van der Waals surface area (Å²) in [6, 6.07) is 10.1. The van der Waals surface area contributed by atoms with E-state index in [1.54, 1.807) is 0 Å². The lowest BCUT2D eigenvalue weighted by Gasteiger charge is -2.32. The molecule has 0 amide bonds. The summed E-state index contributed by atoms with van der Waals surface area (Å²) >= 11 is 0. The van der Waals surface area contributed by atoms with Gasteiger partial charge in [0.15, 0.2) is 0 Å². The average Bonchev–Trinajstić information content (AvgIpc) is 2.64. The molecule has 24 heavy (non-hydrogen) atoms. The molecule has 2 heterocycles. The van der Waals surface area contributed by atoms with Crippen molar-refractivity contribution in [3.05, 3.63) is 47.7 Å². The molecular formula is C19H28N4O. The Kier molecular flexibility index (Phi) is 7.00. The molecule has 0 saturated carbocycles. The quantitative estimate of drug-likeness (QED) is 0.862. The van der Waals surface area contributed by atoms with Crippen LogP contribution < -0.4 is 9.64 Å². The topological polar surface area (TPSA) is 41.5 Å². The molecule has 0 atom stereocenters. The fourth-order valence-corrected chi connectivity index (χ4v) is 2.45. The SMILES string of the molecule is CC.Cc1cnc(N2CCN(C)CC2)nc1OCc1ccccc1. The summed E-state index contributed by atoms with van der Waals surface area (Å²) in [4.78, 5) is 13.6. The molecule has 1 aliphatic heterocycles. The van der Waals surface area contributed by atoms with Crippen LogP contribution in [-0.4, -0.2) is 48.1 Å². The number of anilines is 1. The molecule has 3 rings (SSSR count). The molecule has 0 radical (unpaired) electrons. The Labute approximate surface area is 145 Å². The average molecular weight is 328 g/mol. The summed E-state index contributed by atoms with van der Waals surface area (Å²) in [6.45, 7) is 10.5. The minimum Gasteiger partial charge on any atom is -0.472 e. The smallest absolute Gasteiger partial charge is 0.228 e. The number of nitrogens with zero attached hydrogens (tertiary/aromatic N) is 4. The van der Waals surface area contributed by atoms with Crippen molar-refractivity contribution in [3.8, 4) is 5.88 Å². The minimum atomic E-state index is 0.529. The van der Waals surface area contributed by atoms with E-state index in [1.165, 1.54) is 0 Å². The zero-order valence-corrected chi connectivity index (χ0v) is 15.2. The zero-order chi connectivity index (χ0) is 17.4. The third-order valence-electron chi connectivity index (χ3n) is 3.92. The second-order valence-electron chi connectivity index (χ2n) is 5.72. The first-order valence-electron chi connectivity index (χ1n) is 8.66. The number of hydrogen-bond acceptors (Lipinski definition) is 5. The van der Waals surface area contributed by atoms with Crippen molar-refractivity contribution in [1.29, 1.82) is 0 Å². The molecular weight excluding hydrogens is 300 g/mol. The third kappa shape index (κ3) is 4.93. The summed E-state index contributed by atoms with van der Waals surface area (Å²) in [5.41, 5.74) is 2.11. The lowest BCUT2D eigenvalue weighted by atomic mass is 10.2. The van der Waals surface area contributed by atoms with E-state index in [4.69, 9.17) is 4.74 Å². The van der Waals surface area contributed by atoms with E-state index in [2.05, 4.69) is 38.9 Å². The first-order chi connectivity index (χ1) is 11.7. The van der Waals surface area contributed by atoms with Crippen molar-refractivity contribution >= 4 is 5.95 Å². The van der Waals surface area contributed by atoms with E-state index in [1.807, 2.05) is 45.2 Å². The first kappa shape index (κ1) is 18.2. The number of piperazine rings is 1. The van der Waals surface area contributed by atoms with Gasteiger partial charge >= 0.3 is 0 Å². The Balaban J connectivity index is 0.00000100. The van der Waals surface area contributed by atoms with Gasteiger partial charge in [-0.05, 0) is 19.5 Å². The molecule has 5 heteroatoms. The summed E-state index contributed by atoms with van der Waals surface area (Å²) in [5, 5.41) is 0.